The fourth-order valence-electron chi connectivity index (χ4n) is 2.76. The highest BCUT2D eigenvalue weighted by Gasteiger charge is 2.43. The van der Waals surface area contributed by atoms with Crippen LogP contribution in [0.25, 0.3) is 0 Å². The zero-order valence-corrected chi connectivity index (χ0v) is 9.85. The average Bonchev–Trinajstić information content (AvgIpc) is 2.80. The predicted octanol–water partition coefficient (Wildman–Crippen LogP) is 3.39. The molecule has 0 aliphatic heterocycles. The molecule has 1 aromatic rings. The average molecular weight is 220 g/mol. The SMILES string of the molecule is CC1CC1C(=O)C1CCCc2sccc21. The van der Waals surface area contributed by atoms with Crippen LogP contribution in [0.15, 0.2) is 11.4 Å². The van der Waals surface area contributed by atoms with Crippen molar-refractivity contribution in [1.82, 2.24) is 0 Å². The van der Waals surface area contributed by atoms with Crippen LogP contribution in [0.4, 0.5) is 0 Å². The normalized spacial score (nSPS) is 33.5. The number of carbonyl (C=O) groups excluding carboxylic acids is 1. The molecular formula is C13H16OS. The first-order valence-electron chi connectivity index (χ1n) is 5.87. The molecule has 2 aliphatic rings. The minimum atomic E-state index is 0.245. The maximum absolute atomic E-state index is 12.2. The van der Waals surface area contributed by atoms with Crippen LogP contribution >= 0.6 is 11.3 Å². The second kappa shape index (κ2) is 3.44. The number of fused-ring (bicyclic) bond motifs is 1. The summed E-state index contributed by atoms with van der Waals surface area (Å²) in [5, 5.41) is 2.15. The van der Waals surface area contributed by atoms with Crippen molar-refractivity contribution in [1.29, 1.82) is 0 Å². The Morgan fingerprint density at radius 1 is 1.53 bits per heavy atom. The van der Waals surface area contributed by atoms with Gasteiger partial charge in [0.15, 0.2) is 0 Å². The van der Waals surface area contributed by atoms with Crippen molar-refractivity contribution < 1.29 is 4.79 Å². The molecule has 2 heteroatoms. The van der Waals surface area contributed by atoms with E-state index in [2.05, 4.69) is 18.4 Å². The number of thiophene rings is 1. The number of rotatable bonds is 2. The molecule has 3 unspecified atom stereocenters. The third-order valence-corrected chi connectivity index (χ3v) is 4.87. The first-order chi connectivity index (χ1) is 7.27. The van der Waals surface area contributed by atoms with Gasteiger partial charge < -0.3 is 0 Å². The molecule has 1 nitrogen and oxygen atoms in total. The minimum Gasteiger partial charge on any atom is -0.299 e. The quantitative estimate of drug-likeness (QED) is 0.746. The lowest BCUT2D eigenvalue weighted by atomic mass is 9.83. The molecule has 0 saturated heterocycles. The second-order valence-corrected chi connectivity index (χ2v) is 5.97. The molecule has 2 aliphatic carbocycles. The standard InChI is InChI=1S/C13H16OS/c1-8-7-11(8)13(14)10-3-2-4-12-9(10)5-6-15-12/h5-6,8,10-11H,2-4,7H2,1H3. The molecule has 0 spiro atoms. The Hall–Kier alpha value is -0.630. The number of hydrogen-bond acceptors (Lipinski definition) is 2. The van der Waals surface area contributed by atoms with Crippen molar-refractivity contribution in [3.8, 4) is 0 Å². The molecular weight excluding hydrogens is 204 g/mol. The largest absolute Gasteiger partial charge is 0.299 e. The molecule has 1 heterocycles. The summed E-state index contributed by atoms with van der Waals surface area (Å²) in [5.41, 5.74) is 1.36. The van der Waals surface area contributed by atoms with Crippen LogP contribution in [0.5, 0.6) is 0 Å². The lowest BCUT2D eigenvalue weighted by Crippen LogP contribution is -2.19. The van der Waals surface area contributed by atoms with E-state index in [0.29, 0.717) is 17.6 Å². The summed E-state index contributed by atoms with van der Waals surface area (Å²) in [6, 6.07) is 2.18. The van der Waals surface area contributed by atoms with E-state index in [1.54, 1.807) is 0 Å². The van der Waals surface area contributed by atoms with E-state index in [-0.39, 0.29) is 5.92 Å². The van der Waals surface area contributed by atoms with E-state index in [9.17, 15) is 4.79 Å². The van der Waals surface area contributed by atoms with Gasteiger partial charge in [-0.3, -0.25) is 4.79 Å². The zero-order chi connectivity index (χ0) is 10.4. The molecule has 0 bridgehead atoms. The third kappa shape index (κ3) is 1.55. The van der Waals surface area contributed by atoms with Crippen molar-refractivity contribution in [2.24, 2.45) is 11.8 Å². The van der Waals surface area contributed by atoms with Gasteiger partial charge in [-0.2, -0.15) is 0 Å². The molecule has 3 rings (SSSR count). The van der Waals surface area contributed by atoms with Crippen LogP contribution in [0.1, 0.15) is 42.5 Å². The van der Waals surface area contributed by atoms with Gasteiger partial charge in [0.1, 0.15) is 5.78 Å². The lowest BCUT2D eigenvalue weighted by Gasteiger charge is -2.21. The summed E-state index contributed by atoms with van der Waals surface area (Å²) in [4.78, 5) is 13.7. The molecule has 80 valence electrons. The van der Waals surface area contributed by atoms with Crippen molar-refractivity contribution in [2.45, 2.75) is 38.5 Å². The van der Waals surface area contributed by atoms with Crippen LogP contribution in [0.3, 0.4) is 0 Å². The highest BCUT2D eigenvalue weighted by molar-refractivity contribution is 7.10. The maximum Gasteiger partial charge on any atom is 0.143 e. The Balaban J connectivity index is 1.86. The summed E-state index contributed by atoms with van der Waals surface area (Å²) in [6.07, 6.45) is 4.61. The number of carbonyl (C=O) groups is 1. The number of ketones is 1. The van der Waals surface area contributed by atoms with E-state index in [0.717, 1.165) is 12.8 Å². The van der Waals surface area contributed by atoms with Crippen LogP contribution < -0.4 is 0 Å². The fourth-order valence-corrected chi connectivity index (χ4v) is 3.75. The van der Waals surface area contributed by atoms with Gasteiger partial charge in [-0.1, -0.05) is 6.92 Å². The Morgan fingerprint density at radius 2 is 2.33 bits per heavy atom. The van der Waals surface area contributed by atoms with E-state index >= 15 is 0 Å². The van der Waals surface area contributed by atoms with Gasteiger partial charge in [0.25, 0.3) is 0 Å². The summed E-state index contributed by atoms with van der Waals surface area (Å²) < 4.78 is 0. The van der Waals surface area contributed by atoms with Gasteiger partial charge in [-0.25, -0.2) is 0 Å². The molecule has 1 aromatic heterocycles. The first kappa shape index (κ1) is 9.59. The highest BCUT2D eigenvalue weighted by atomic mass is 32.1. The van der Waals surface area contributed by atoms with Crippen LogP contribution in [-0.2, 0) is 11.2 Å². The molecule has 1 saturated carbocycles. The van der Waals surface area contributed by atoms with Crippen LogP contribution in [-0.4, -0.2) is 5.78 Å². The number of aryl methyl sites for hydroxylation is 1. The highest BCUT2D eigenvalue weighted by Crippen LogP contribution is 2.45. The Morgan fingerprint density at radius 3 is 3.07 bits per heavy atom. The van der Waals surface area contributed by atoms with Gasteiger partial charge in [-0.05, 0) is 48.6 Å². The van der Waals surface area contributed by atoms with Crippen molar-refractivity contribution in [3.05, 3.63) is 21.9 Å². The maximum atomic E-state index is 12.2. The summed E-state index contributed by atoms with van der Waals surface area (Å²) in [6.45, 7) is 2.19. The van der Waals surface area contributed by atoms with Crippen molar-refractivity contribution in [2.75, 3.05) is 0 Å². The van der Waals surface area contributed by atoms with Gasteiger partial charge >= 0.3 is 0 Å². The summed E-state index contributed by atoms with van der Waals surface area (Å²) in [5.74, 6) is 1.82. The predicted molar refractivity (Wildman–Crippen MR) is 62.3 cm³/mol. The van der Waals surface area contributed by atoms with E-state index in [1.165, 1.54) is 23.3 Å². The monoisotopic (exact) mass is 220 g/mol. The minimum absolute atomic E-state index is 0.245. The topological polar surface area (TPSA) is 17.1 Å². The molecule has 1 fully saturated rings. The number of Topliss-reactive ketones (excluding diaryl/α,β-unsaturated/α-hetero) is 1. The van der Waals surface area contributed by atoms with Gasteiger partial charge in [-0.15, -0.1) is 11.3 Å². The van der Waals surface area contributed by atoms with Crippen molar-refractivity contribution in [3.63, 3.8) is 0 Å². The summed E-state index contributed by atoms with van der Waals surface area (Å²) in [7, 11) is 0. The van der Waals surface area contributed by atoms with Gasteiger partial charge in [0.05, 0.1) is 0 Å². The smallest absolute Gasteiger partial charge is 0.143 e. The van der Waals surface area contributed by atoms with Crippen molar-refractivity contribution >= 4 is 17.1 Å². The molecule has 0 N–H and O–H groups in total. The molecule has 0 amide bonds. The molecule has 0 radical (unpaired) electrons. The van der Waals surface area contributed by atoms with Crippen LogP contribution in [0, 0.1) is 11.8 Å². The Bertz CT molecular complexity index is 393. The van der Waals surface area contributed by atoms with E-state index in [4.69, 9.17) is 0 Å². The number of hydrogen-bond donors (Lipinski definition) is 0. The second-order valence-electron chi connectivity index (χ2n) is 4.97. The third-order valence-electron chi connectivity index (χ3n) is 3.87. The molecule has 3 atom stereocenters. The Kier molecular flexibility index (Phi) is 2.20. The first-order valence-corrected chi connectivity index (χ1v) is 6.75. The van der Waals surface area contributed by atoms with Gasteiger partial charge in [0, 0.05) is 16.7 Å². The fraction of sp³-hybridized carbons (Fsp3) is 0.615. The van der Waals surface area contributed by atoms with E-state index < -0.39 is 0 Å². The van der Waals surface area contributed by atoms with Gasteiger partial charge in [0.2, 0.25) is 0 Å². The Labute approximate surface area is 94.5 Å². The van der Waals surface area contributed by atoms with E-state index in [1.807, 2.05) is 11.3 Å². The molecule has 0 aromatic carbocycles. The zero-order valence-electron chi connectivity index (χ0n) is 9.03. The summed E-state index contributed by atoms with van der Waals surface area (Å²) >= 11 is 1.83. The van der Waals surface area contributed by atoms with Crippen LogP contribution in [0.2, 0.25) is 0 Å². The lowest BCUT2D eigenvalue weighted by molar-refractivity contribution is -0.122. The molecule has 15 heavy (non-hydrogen) atoms.